The number of furan rings is 2. The average molecular weight is 1050 g/mol. The van der Waals surface area contributed by atoms with Crippen molar-refractivity contribution in [3.63, 3.8) is 0 Å². The van der Waals surface area contributed by atoms with Gasteiger partial charge in [0.2, 0.25) is 6.71 Å². The Morgan fingerprint density at radius 2 is 0.900 bits per heavy atom. The second kappa shape index (κ2) is 17.1. The van der Waals surface area contributed by atoms with Crippen molar-refractivity contribution in [3.05, 3.63) is 255 Å². The van der Waals surface area contributed by atoms with Gasteiger partial charge < -0.3 is 18.6 Å². The molecule has 0 N–H and O–H groups in total. The van der Waals surface area contributed by atoms with Gasteiger partial charge in [-0.3, -0.25) is 0 Å². The van der Waals surface area contributed by atoms with Crippen molar-refractivity contribution in [3.8, 4) is 33.4 Å². The van der Waals surface area contributed by atoms with E-state index in [4.69, 9.17) is 8.83 Å². The predicted octanol–water partition coefficient (Wildman–Crippen LogP) is 16.0. The second-order valence-electron chi connectivity index (χ2n) is 21.3. The van der Waals surface area contributed by atoms with E-state index in [1.165, 1.54) is 80.1 Å². The fourth-order valence-electron chi connectivity index (χ4n) is 13.9. The lowest BCUT2D eigenvalue weighted by Crippen LogP contribution is -2.64. The van der Waals surface area contributed by atoms with E-state index < -0.39 is 0 Å². The predicted molar refractivity (Wildman–Crippen MR) is 337 cm³/mol. The monoisotopic (exact) mass is 1050 g/mol. The maximum absolute atomic E-state index is 7.41. The Labute approximate surface area is 471 Å². The van der Waals surface area contributed by atoms with E-state index in [1.54, 1.807) is 0 Å². The van der Waals surface area contributed by atoms with E-state index in [2.05, 4.69) is 265 Å². The van der Waals surface area contributed by atoms with Crippen LogP contribution in [0.1, 0.15) is 0 Å². The fraction of sp³-hybridized carbons (Fsp3) is 0. The molecule has 0 aliphatic carbocycles. The van der Waals surface area contributed by atoms with E-state index in [9.17, 15) is 0 Å². The number of benzene rings is 12. The molecule has 8 heteroatoms. The highest BCUT2D eigenvalue weighted by Crippen LogP contribution is 2.56. The van der Waals surface area contributed by atoms with Crippen molar-refractivity contribution in [1.29, 1.82) is 0 Å². The normalized spacial score (nSPS) is 13.6. The maximum atomic E-state index is 7.41. The van der Waals surface area contributed by atoms with Crippen LogP contribution in [0, 0.1) is 0 Å². The second-order valence-corrected chi connectivity index (χ2v) is 23.4. The van der Waals surface area contributed by atoms with Gasteiger partial charge >= 0.3 is 0 Å². The highest BCUT2D eigenvalue weighted by molar-refractivity contribution is 8.01. The molecule has 18 rings (SSSR count). The lowest BCUT2D eigenvalue weighted by molar-refractivity contribution is 0.668. The van der Waals surface area contributed by atoms with Gasteiger partial charge in [-0.05, 0) is 98.7 Å². The van der Waals surface area contributed by atoms with E-state index in [1.807, 2.05) is 23.5 Å². The van der Waals surface area contributed by atoms with Gasteiger partial charge in [0.15, 0.2) is 0 Å². The summed E-state index contributed by atoms with van der Waals surface area (Å²) in [5.41, 5.74) is 25.1. The molecule has 370 valence electrons. The first kappa shape index (κ1) is 44.6. The van der Waals surface area contributed by atoms with Crippen LogP contribution < -0.4 is 42.6 Å². The molecule has 0 atom stereocenters. The topological polar surface area (TPSA) is 32.8 Å². The fourth-order valence-corrected chi connectivity index (χ4v) is 16.6. The van der Waals surface area contributed by atoms with Gasteiger partial charge in [0.1, 0.15) is 22.3 Å². The van der Waals surface area contributed by atoms with Gasteiger partial charge in [-0.2, -0.15) is 0 Å². The molecule has 0 bridgehead atoms. The zero-order valence-corrected chi connectivity index (χ0v) is 44.6. The first-order chi connectivity index (χ1) is 39.7. The molecule has 80 heavy (non-hydrogen) atoms. The first-order valence-corrected chi connectivity index (χ1v) is 29.0. The van der Waals surface area contributed by atoms with E-state index >= 15 is 0 Å². The molecule has 0 radical (unpaired) electrons. The van der Waals surface area contributed by atoms with Crippen molar-refractivity contribution in [1.82, 2.24) is 0 Å². The summed E-state index contributed by atoms with van der Waals surface area (Å²) in [5.74, 6) is 0. The van der Waals surface area contributed by atoms with Crippen molar-refractivity contribution in [2.45, 2.75) is 19.6 Å². The van der Waals surface area contributed by atoms with Gasteiger partial charge in [-0.1, -0.05) is 229 Å². The summed E-state index contributed by atoms with van der Waals surface area (Å²) in [6.07, 6.45) is 0. The minimum Gasteiger partial charge on any atom is -0.456 e. The lowest BCUT2D eigenvalue weighted by atomic mass is 9.31. The Balaban J connectivity index is 0.991. The highest BCUT2D eigenvalue weighted by Gasteiger charge is 2.48. The van der Waals surface area contributed by atoms with Crippen LogP contribution in [0.3, 0.4) is 0 Å². The molecule has 12 aromatic carbocycles. The number of hydrogen-bond acceptors (Lipinski definition) is 6. The summed E-state index contributed by atoms with van der Waals surface area (Å²) in [6, 6.07) is 93.6. The van der Waals surface area contributed by atoms with Gasteiger partial charge in [0.05, 0.1) is 11.1 Å². The largest absolute Gasteiger partial charge is 0.456 e. The van der Waals surface area contributed by atoms with E-state index in [0.717, 1.165) is 83.6 Å². The number of fused-ring (bicyclic) bond motifs is 16. The molecule has 14 aromatic rings. The van der Waals surface area contributed by atoms with Crippen LogP contribution in [0.2, 0.25) is 0 Å². The maximum Gasteiger partial charge on any atom is 0.252 e. The Bertz CT molecular complexity index is 4870. The lowest BCUT2D eigenvalue weighted by Gasteiger charge is -2.45. The first-order valence-electron chi connectivity index (χ1n) is 27.4. The third-order valence-electron chi connectivity index (χ3n) is 17.1. The number of para-hydroxylation sites is 5. The Morgan fingerprint density at radius 3 is 1.61 bits per heavy atom. The van der Waals surface area contributed by atoms with Crippen molar-refractivity contribution < 1.29 is 8.83 Å². The number of rotatable bonds is 5. The summed E-state index contributed by atoms with van der Waals surface area (Å²) in [4.78, 5) is 10.1. The van der Waals surface area contributed by atoms with E-state index in [-0.39, 0.29) is 13.4 Å². The van der Waals surface area contributed by atoms with Crippen LogP contribution in [0.25, 0.3) is 77.3 Å². The van der Waals surface area contributed by atoms with Crippen molar-refractivity contribution in [2.75, 3.05) is 9.80 Å². The van der Waals surface area contributed by atoms with Crippen LogP contribution in [0.15, 0.2) is 283 Å². The molecule has 4 aliphatic rings. The molecule has 6 heterocycles. The number of hydrogen-bond donors (Lipinski definition) is 0. The van der Waals surface area contributed by atoms with Crippen molar-refractivity contribution in [2.24, 2.45) is 0 Å². The third kappa shape index (κ3) is 6.23. The molecule has 0 saturated carbocycles. The highest BCUT2D eigenvalue weighted by atomic mass is 32.2. The molecular weight excluding hydrogens is 1010 g/mol. The SMILES string of the molecule is c1ccc(-c2cccc(-c3ccccc3)c2-c2c3c4c(c5c2oc2ccccc25)Sc2ccccc2B4c2cc4c(cc2S3)N(c2ccccc2)c2c3c(cc5oc6ccccc6c25)N(c2ccccc2)c2ccccc2B43)cc1. The van der Waals surface area contributed by atoms with E-state index in [0.29, 0.717) is 0 Å². The standard InChI is InChI=1S/C72H42B2N2O2S2/c1-5-22-43(23-6-1)47-32-21-33-48(44-24-7-2-8-25-44)63(47)66-70-65(50-31-14-19-38-59(50)78-70)71-68-72(66)80-62-42-56-53(40-54(62)74(68)52-35-16-20-39-61(52)79-71)73-51-34-15-17-36-55(51)75(45-26-9-3-10-27-45)57-41-60-64(49-30-13-18-37-58(49)77-60)69(67(57)73)76(56)46-28-11-4-12-29-46/h1-42H. The Morgan fingerprint density at radius 1 is 0.338 bits per heavy atom. The molecule has 0 amide bonds. The molecule has 0 unspecified atom stereocenters. The molecule has 4 aliphatic heterocycles. The van der Waals surface area contributed by atoms with Crippen LogP contribution in [0.4, 0.5) is 34.1 Å². The zero-order chi connectivity index (χ0) is 52.2. The minimum absolute atomic E-state index is 0.0918. The summed E-state index contributed by atoms with van der Waals surface area (Å²) >= 11 is 3.83. The summed E-state index contributed by atoms with van der Waals surface area (Å²) in [5, 5.41) is 4.53. The summed E-state index contributed by atoms with van der Waals surface area (Å²) in [7, 11) is 0. The quantitative estimate of drug-likeness (QED) is 0.160. The molecule has 2 aromatic heterocycles. The minimum atomic E-state index is -0.115. The molecule has 0 spiro atoms. The van der Waals surface area contributed by atoms with Crippen LogP contribution >= 0.6 is 23.5 Å². The van der Waals surface area contributed by atoms with Gasteiger partial charge in [-0.15, -0.1) is 0 Å². The van der Waals surface area contributed by atoms with Crippen LogP contribution in [0.5, 0.6) is 0 Å². The van der Waals surface area contributed by atoms with Gasteiger partial charge in [-0.25, -0.2) is 0 Å². The molecular formula is C72H42B2N2O2S2. The Kier molecular flexibility index (Phi) is 9.53. The molecule has 0 fully saturated rings. The summed E-state index contributed by atoms with van der Waals surface area (Å²) < 4.78 is 14.4. The smallest absolute Gasteiger partial charge is 0.252 e. The Hall–Kier alpha value is -9.33. The molecule has 4 nitrogen and oxygen atoms in total. The zero-order valence-electron chi connectivity index (χ0n) is 42.9. The number of anilines is 6. The van der Waals surface area contributed by atoms with Crippen LogP contribution in [-0.4, -0.2) is 13.4 Å². The third-order valence-corrected chi connectivity index (χ3v) is 19.6. The van der Waals surface area contributed by atoms with Crippen molar-refractivity contribution >= 4 is 148 Å². The summed E-state index contributed by atoms with van der Waals surface area (Å²) in [6.45, 7) is -0.207. The van der Waals surface area contributed by atoms with Gasteiger partial charge in [0, 0.05) is 81.4 Å². The average Bonchev–Trinajstić information content (AvgIpc) is 4.02. The molecule has 0 saturated heterocycles. The number of nitrogens with zero attached hydrogens (tertiary/aromatic N) is 2. The van der Waals surface area contributed by atoms with Crippen LogP contribution in [-0.2, 0) is 0 Å². The van der Waals surface area contributed by atoms with Gasteiger partial charge in [0.25, 0.3) is 6.71 Å².